The molecule has 5 nitrogen and oxygen atoms in total. The summed E-state index contributed by atoms with van der Waals surface area (Å²) >= 11 is 1.51. The Morgan fingerprint density at radius 1 is 1.21 bits per heavy atom. The molecule has 0 bridgehead atoms. The van der Waals surface area contributed by atoms with Crippen molar-refractivity contribution in [2.24, 2.45) is 0 Å². The number of aromatic nitrogens is 1. The van der Waals surface area contributed by atoms with Gasteiger partial charge in [-0.2, -0.15) is 0 Å². The molecule has 0 fully saturated rings. The van der Waals surface area contributed by atoms with Crippen LogP contribution in [0.5, 0.6) is 0 Å². The molecule has 0 aliphatic carbocycles. The number of fused-ring (bicyclic) bond motifs is 1. The van der Waals surface area contributed by atoms with Gasteiger partial charge >= 0.3 is 0 Å². The zero-order valence-corrected chi connectivity index (χ0v) is 17.0. The number of nitrogens with one attached hydrogen (secondary N) is 1. The van der Waals surface area contributed by atoms with E-state index >= 15 is 0 Å². The number of benzene rings is 2. The molecule has 0 amide bonds. The molecule has 1 aliphatic heterocycles. The van der Waals surface area contributed by atoms with Crippen molar-refractivity contribution in [2.75, 3.05) is 22.4 Å². The number of halogens is 1. The Hall–Kier alpha value is -2.45. The molecule has 4 rings (SSSR count). The predicted molar refractivity (Wildman–Crippen MR) is 112 cm³/mol. The van der Waals surface area contributed by atoms with Gasteiger partial charge in [0, 0.05) is 24.0 Å². The lowest BCUT2D eigenvalue weighted by Crippen LogP contribution is -2.34. The van der Waals surface area contributed by atoms with Crippen LogP contribution in [0.1, 0.15) is 17.5 Å². The van der Waals surface area contributed by atoms with Gasteiger partial charge in [0.1, 0.15) is 5.82 Å². The quantitative estimate of drug-likeness (QED) is 0.673. The number of nitrogens with zero attached hydrogens (tertiary/aromatic N) is 2. The van der Waals surface area contributed by atoms with Crippen LogP contribution in [0.15, 0.2) is 47.8 Å². The largest absolute Gasteiger partial charge is 0.357 e. The first-order valence-corrected chi connectivity index (χ1v) is 11.7. The molecule has 2 aromatic carbocycles. The van der Waals surface area contributed by atoms with Gasteiger partial charge < -0.3 is 5.32 Å². The summed E-state index contributed by atoms with van der Waals surface area (Å²) in [6.45, 7) is 1.10. The van der Waals surface area contributed by atoms with Gasteiger partial charge in [-0.3, -0.25) is 4.31 Å². The summed E-state index contributed by atoms with van der Waals surface area (Å²) in [5.41, 5.74) is 4.60. The maximum Gasteiger partial charge on any atom is 0.232 e. The maximum atomic E-state index is 13.0. The van der Waals surface area contributed by atoms with Crippen molar-refractivity contribution < 1.29 is 12.8 Å². The highest BCUT2D eigenvalue weighted by atomic mass is 32.2. The second kappa shape index (κ2) is 7.52. The van der Waals surface area contributed by atoms with Crippen LogP contribution in [0.25, 0.3) is 11.3 Å². The first kappa shape index (κ1) is 18.9. The van der Waals surface area contributed by atoms with Crippen molar-refractivity contribution in [2.45, 2.75) is 19.4 Å². The molecule has 0 saturated carbocycles. The number of anilines is 2. The molecule has 0 radical (unpaired) electrons. The van der Waals surface area contributed by atoms with E-state index < -0.39 is 10.0 Å². The van der Waals surface area contributed by atoms with Gasteiger partial charge in [-0.05, 0) is 48.2 Å². The summed E-state index contributed by atoms with van der Waals surface area (Å²) in [6, 6.07) is 12.2. The van der Waals surface area contributed by atoms with Gasteiger partial charge in [0.2, 0.25) is 10.0 Å². The van der Waals surface area contributed by atoms with Crippen LogP contribution in [0.3, 0.4) is 0 Å². The van der Waals surface area contributed by atoms with Crippen LogP contribution in [-0.2, 0) is 23.0 Å². The number of aryl methyl sites for hydroxylation is 1. The van der Waals surface area contributed by atoms with Gasteiger partial charge in [-0.25, -0.2) is 17.8 Å². The number of hydrogen-bond acceptors (Lipinski definition) is 5. The second-order valence-electron chi connectivity index (χ2n) is 6.80. The van der Waals surface area contributed by atoms with Crippen LogP contribution in [0.2, 0.25) is 0 Å². The summed E-state index contributed by atoms with van der Waals surface area (Å²) in [5, 5.41) is 6.02. The Bertz CT molecular complexity index is 1090. The summed E-state index contributed by atoms with van der Waals surface area (Å²) < 4.78 is 38.5. The number of rotatable bonds is 5. The minimum atomic E-state index is -3.26. The molecule has 1 aliphatic rings. The number of thiazole rings is 1. The van der Waals surface area contributed by atoms with E-state index in [9.17, 15) is 12.8 Å². The minimum Gasteiger partial charge on any atom is -0.357 e. The van der Waals surface area contributed by atoms with E-state index in [1.807, 2.05) is 23.6 Å². The highest BCUT2D eigenvalue weighted by molar-refractivity contribution is 7.92. The Morgan fingerprint density at radius 3 is 2.75 bits per heavy atom. The van der Waals surface area contributed by atoms with Crippen molar-refractivity contribution in [3.8, 4) is 11.3 Å². The van der Waals surface area contributed by atoms with Crippen molar-refractivity contribution in [1.82, 2.24) is 4.98 Å². The van der Waals surface area contributed by atoms with Crippen LogP contribution >= 0.6 is 11.3 Å². The second-order valence-corrected chi connectivity index (χ2v) is 9.57. The van der Waals surface area contributed by atoms with Crippen molar-refractivity contribution in [3.05, 3.63) is 64.8 Å². The smallest absolute Gasteiger partial charge is 0.232 e. The molecule has 3 aromatic rings. The van der Waals surface area contributed by atoms with E-state index in [4.69, 9.17) is 0 Å². The fraction of sp³-hybridized carbons (Fsp3) is 0.250. The molecule has 146 valence electrons. The van der Waals surface area contributed by atoms with Crippen molar-refractivity contribution >= 4 is 32.2 Å². The first-order chi connectivity index (χ1) is 13.4. The van der Waals surface area contributed by atoms with E-state index in [0.717, 1.165) is 46.0 Å². The molecule has 0 atom stereocenters. The zero-order chi connectivity index (χ0) is 19.7. The van der Waals surface area contributed by atoms with Crippen LogP contribution < -0.4 is 9.62 Å². The zero-order valence-electron chi connectivity index (χ0n) is 15.4. The number of hydrogen-bond donors (Lipinski definition) is 1. The van der Waals surface area contributed by atoms with Gasteiger partial charge in [0.05, 0.1) is 17.6 Å². The lowest BCUT2D eigenvalue weighted by molar-refractivity contribution is 0.592. The third kappa shape index (κ3) is 4.02. The summed E-state index contributed by atoms with van der Waals surface area (Å²) in [5.74, 6) is -0.248. The molecule has 2 heterocycles. The fourth-order valence-electron chi connectivity index (χ4n) is 3.33. The van der Waals surface area contributed by atoms with Crippen LogP contribution in [0, 0.1) is 5.82 Å². The van der Waals surface area contributed by atoms with E-state index in [1.165, 1.54) is 34.0 Å². The highest BCUT2D eigenvalue weighted by Gasteiger charge is 2.24. The lowest BCUT2D eigenvalue weighted by Gasteiger charge is -2.29. The standard InChI is InChI=1S/C20H20FN3O2S2/c1-28(25,26)24-10-2-3-16-11-15(6-9-19(16)24)18-13-27-20(23-18)22-12-14-4-7-17(21)8-5-14/h4-9,11,13H,2-3,10,12H2,1H3,(H,22,23). The van der Waals surface area contributed by atoms with Gasteiger partial charge in [-0.15, -0.1) is 11.3 Å². The molecule has 28 heavy (non-hydrogen) atoms. The molecule has 0 unspecified atom stereocenters. The highest BCUT2D eigenvalue weighted by Crippen LogP contribution is 2.34. The predicted octanol–water partition coefficient (Wildman–Crippen LogP) is 4.27. The van der Waals surface area contributed by atoms with Crippen LogP contribution in [0.4, 0.5) is 15.2 Å². The molecule has 0 saturated heterocycles. The average molecular weight is 418 g/mol. The molecular formula is C20H20FN3O2S2. The third-order valence-corrected chi connectivity index (χ3v) is 6.69. The van der Waals surface area contributed by atoms with E-state index in [1.54, 1.807) is 12.1 Å². The monoisotopic (exact) mass is 417 g/mol. The van der Waals surface area contributed by atoms with Gasteiger partial charge in [0.15, 0.2) is 5.13 Å². The first-order valence-electron chi connectivity index (χ1n) is 8.95. The maximum absolute atomic E-state index is 13.0. The Morgan fingerprint density at radius 2 is 2.00 bits per heavy atom. The van der Waals surface area contributed by atoms with E-state index in [2.05, 4.69) is 10.3 Å². The Kier molecular flexibility index (Phi) is 5.07. The Balaban J connectivity index is 1.52. The minimum absolute atomic E-state index is 0.248. The average Bonchev–Trinajstić information content (AvgIpc) is 3.15. The van der Waals surface area contributed by atoms with Crippen molar-refractivity contribution in [3.63, 3.8) is 0 Å². The summed E-state index contributed by atoms with van der Waals surface area (Å²) in [7, 11) is -3.26. The fourth-order valence-corrected chi connectivity index (χ4v) is 5.05. The normalized spacial score (nSPS) is 14.0. The summed E-state index contributed by atoms with van der Waals surface area (Å²) in [6.07, 6.45) is 2.91. The lowest BCUT2D eigenvalue weighted by atomic mass is 10.00. The number of sulfonamides is 1. The molecule has 8 heteroatoms. The molecular weight excluding hydrogens is 397 g/mol. The van der Waals surface area contributed by atoms with Crippen molar-refractivity contribution in [1.29, 1.82) is 0 Å². The summed E-state index contributed by atoms with van der Waals surface area (Å²) in [4.78, 5) is 4.63. The van der Waals surface area contributed by atoms with E-state index in [-0.39, 0.29) is 5.82 Å². The molecule has 1 aromatic heterocycles. The topological polar surface area (TPSA) is 62.3 Å². The third-order valence-electron chi connectivity index (χ3n) is 4.71. The SMILES string of the molecule is CS(=O)(=O)N1CCCc2cc(-c3csc(NCc4ccc(F)cc4)n3)ccc21. The van der Waals surface area contributed by atoms with Gasteiger partial charge in [0.25, 0.3) is 0 Å². The molecule has 1 N–H and O–H groups in total. The van der Waals surface area contributed by atoms with Gasteiger partial charge in [-0.1, -0.05) is 18.2 Å². The van der Waals surface area contributed by atoms with Crippen LogP contribution in [-0.4, -0.2) is 26.2 Å². The van der Waals surface area contributed by atoms with E-state index in [0.29, 0.717) is 13.1 Å². The Labute approximate surface area is 167 Å². The molecule has 0 spiro atoms.